The Morgan fingerprint density at radius 3 is 2.65 bits per heavy atom. The van der Waals surface area contributed by atoms with Crippen LogP contribution in [0.5, 0.6) is 11.5 Å². The Labute approximate surface area is 140 Å². The van der Waals surface area contributed by atoms with Crippen molar-refractivity contribution in [3.8, 4) is 11.5 Å². The molecule has 0 radical (unpaired) electrons. The Morgan fingerprint density at radius 2 is 1.96 bits per heavy atom. The molecule has 2 N–H and O–H groups in total. The minimum Gasteiger partial charge on any atom is -0.508 e. The Balaban J connectivity index is 1.81. The zero-order valence-electron chi connectivity index (χ0n) is 12.9. The van der Waals surface area contributed by atoms with Crippen molar-refractivity contribution in [3.05, 3.63) is 54.1 Å². The number of hydrogen-bond acceptors (Lipinski definition) is 5. The van der Waals surface area contributed by atoms with Gasteiger partial charge in [0.15, 0.2) is 5.78 Å². The summed E-state index contributed by atoms with van der Waals surface area (Å²) in [7, 11) is 0. The standard InChI is InChI=1S/C18H20O4S/c1-2-18(21)13-4-3-5-16(10-13)22-11-15(20)12-23-17-8-6-14(19)7-9-17/h3-10,15,19-20H,2,11-12H2,1H3. The SMILES string of the molecule is CCC(=O)c1cccc(OCC(O)CSc2ccc(O)cc2)c1. The summed E-state index contributed by atoms with van der Waals surface area (Å²) in [4.78, 5) is 12.6. The third-order valence-corrected chi connectivity index (χ3v) is 4.36. The van der Waals surface area contributed by atoms with E-state index in [1.54, 1.807) is 48.5 Å². The van der Waals surface area contributed by atoms with Crippen LogP contribution in [0.4, 0.5) is 0 Å². The molecule has 0 aliphatic heterocycles. The molecule has 2 aromatic carbocycles. The molecule has 0 bridgehead atoms. The zero-order valence-corrected chi connectivity index (χ0v) is 13.8. The number of rotatable bonds is 8. The number of benzene rings is 2. The van der Waals surface area contributed by atoms with E-state index in [-0.39, 0.29) is 18.1 Å². The average molecular weight is 332 g/mol. The number of aliphatic hydroxyl groups excluding tert-OH is 1. The highest BCUT2D eigenvalue weighted by Gasteiger charge is 2.08. The number of thioether (sulfide) groups is 1. The third-order valence-electron chi connectivity index (χ3n) is 3.20. The van der Waals surface area contributed by atoms with E-state index in [0.29, 0.717) is 23.5 Å². The Hall–Kier alpha value is -1.98. The molecule has 23 heavy (non-hydrogen) atoms. The van der Waals surface area contributed by atoms with Gasteiger partial charge in [0.1, 0.15) is 18.1 Å². The molecule has 0 saturated carbocycles. The lowest BCUT2D eigenvalue weighted by Crippen LogP contribution is -2.20. The lowest BCUT2D eigenvalue weighted by molar-refractivity contribution is 0.0987. The minimum atomic E-state index is -0.626. The summed E-state index contributed by atoms with van der Waals surface area (Å²) in [5, 5.41) is 19.2. The molecule has 0 saturated heterocycles. The van der Waals surface area contributed by atoms with Crippen LogP contribution in [-0.2, 0) is 0 Å². The van der Waals surface area contributed by atoms with E-state index in [4.69, 9.17) is 4.74 Å². The molecular formula is C18H20O4S. The fourth-order valence-corrected chi connectivity index (χ4v) is 2.75. The van der Waals surface area contributed by atoms with E-state index in [1.807, 2.05) is 6.92 Å². The Morgan fingerprint density at radius 1 is 1.22 bits per heavy atom. The fourth-order valence-electron chi connectivity index (χ4n) is 1.94. The third kappa shape index (κ3) is 5.62. The maximum atomic E-state index is 11.7. The maximum absolute atomic E-state index is 11.7. The van der Waals surface area contributed by atoms with Gasteiger partial charge in [-0.05, 0) is 36.4 Å². The van der Waals surface area contributed by atoms with Crippen LogP contribution in [0.1, 0.15) is 23.7 Å². The molecule has 1 atom stereocenters. The highest BCUT2D eigenvalue weighted by Crippen LogP contribution is 2.22. The first kappa shape index (κ1) is 17.4. The van der Waals surface area contributed by atoms with Crippen LogP contribution in [-0.4, -0.2) is 34.5 Å². The van der Waals surface area contributed by atoms with Crippen molar-refractivity contribution in [2.24, 2.45) is 0 Å². The Kier molecular flexibility index (Phi) is 6.50. The molecule has 1 unspecified atom stereocenters. The van der Waals surface area contributed by atoms with Gasteiger partial charge in [-0.15, -0.1) is 11.8 Å². The highest BCUT2D eigenvalue weighted by molar-refractivity contribution is 7.99. The minimum absolute atomic E-state index is 0.0684. The smallest absolute Gasteiger partial charge is 0.162 e. The predicted molar refractivity (Wildman–Crippen MR) is 91.4 cm³/mol. The van der Waals surface area contributed by atoms with Gasteiger partial charge < -0.3 is 14.9 Å². The predicted octanol–water partition coefficient (Wildman–Crippen LogP) is 3.52. The van der Waals surface area contributed by atoms with Crippen molar-refractivity contribution in [1.82, 2.24) is 0 Å². The largest absolute Gasteiger partial charge is 0.508 e. The lowest BCUT2D eigenvalue weighted by atomic mass is 10.1. The number of Topliss-reactive ketones (excluding diaryl/α,β-unsaturated/α-hetero) is 1. The van der Waals surface area contributed by atoms with Crippen LogP contribution in [0.2, 0.25) is 0 Å². The number of hydrogen-bond donors (Lipinski definition) is 2. The molecule has 0 aromatic heterocycles. The first-order chi connectivity index (χ1) is 11.1. The number of aromatic hydroxyl groups is 1. The van der Waals surface area contributed by atoms with Crippen LogP contribution in [0.25, 0.3) is 0 Å². The van der Waals surface area contributed by atoms with Crippen molar-refractivity contribution in [2.75, 3.05) is 12.4 Å². The van der Waals surface area contributed by atoms with Crippen LogP contribution in [0.3, 0.4) is 0 Å². The van der Waals surface area contributed by atoms with Gasteiger partial charge >= 0.3 is 0 Å². The van der Waals surface area contributed by atoms with Crippen molar-refractivity contribution < 1.29 is 19.7 Å². The lowest BCUT2D eigenvalue weighted by Gasteiger charge is -2.12. The Bertz CT molecular complexity index is 640. The fraction of sp³-hybridized carbons (Fsp3) is 0.278. The summed E-state index contributed by atoms with van der Waals surface area (Å²) < 4.78 is 5.56. The van der Waals surface area contributed by atoms with Crippen molar-refractivity contribution >= 4 is 17.5 Å². The highest BCUT2D eigenvalue weighted by atomic mass is 32.2. The summed E-state index contributed by atoms with van der Waals surface area (Å²) in [6, 6.07) is 13.8. The average Bonchev–Trinajstić information content (AvgIpc) is 2.59. The quantitative estimate of drug-likeness (QED) is 0.572. The summed E-state index contributed by atoms with van der Waals surface area (Å²) >= 11 is 1.49. The molecule has 2 rings (SSSR count). The summed E-state index contributed by atoms with van der Waals surface area (Å²) in [6.45, 7) is 1.98. The van der Waals surface area contributed by atoms with Gasteiger partial charge in [0.05, 0.1) is 6.10 Å². The maximum Gasteiger partial charge on any atom is 0.162 e. The number of carbonyl (C=O) groups is 1. The number of ether oxygens (including phenoxy) is 1. The number of carbonyl (C=O) groups excluding carboxylic acids is 1. The van der Waals surface area contributed by atoms with Gasteiger partial charge in [-0.2, -0.15) is 0 Å². The summed E-state index contributed by atoms with van der Waals surface area (Å²) in [5.74, 6) is 1.36. The van der Waals surface area contributed by atoms with E-state index in [1.165, 1.54) is 11.8 Å². The van der Waals surface area contributed by atoms with Gasteiger partial charge in [-0.3, -0.25) is 4.79 Å². The van der Waals surface area contributed by atoms with E-state index in [9.17, 15) is 15.0 Å². The molecule has 122 valence electrons. The van der Waals surface area contributed by atoms with Crippen LogP contribution >= 0.6 is 11.8 Å². The number of ketones is 1. The van der Waals surface area contributed by atoms with Crippen molar-refractivity contribution in [1.29, 1.82) is 0 Å². The topological polar surface area (TPSA) is 66.8 Å². The van der Waals surface area contributed by atoms with Crippen molar-refractivity contribution in [3.63, 3.8) is 0 Å². The molecule has 2 aromatic rings. The number of phenolic OH excluding ortho intramolecular Hbond substituents is 1. The first-order valence-corrected chi connectivity index (χ1v) is 8.43. The van der Waals surface area contributed by atoms with E-state index in [2.05, 4.69) is 0 Å². The van der Waals surface area contributed by atoms with Gasteiger partial charge in [0, 0.05) is 22.6 Å². The second-order valence-electron chi connectivity index (χ2n) is 5.07. The summed E-state index contributed by atoms with van der Waals surface area (Å²) in [5.41, 5.74) is 0.623. The first-order valence-electron chi connectivity index (χ1n) is 7.44. The molecule has 4 nitrogen and oxygen atoms in total. The van der Waals surface area contributed by atoms with Gasteiger partial charge in [0.2, 0.25) is 0 Å². The van der Waals surface area contributed by atoms with Crippen LogP contribution in [0, 0.1) is 0 Å². The van der Waals surface area contributed by atoms with Crippen LogP contribution in [0.15, 0.2) is 53.4 Å². The molecule has 0 aliphatic rings. The van der Waals surface area contributed by atoms with E-state index >= 15 is 0 Å². The van der Waals surface area contributed by atoms with E-state index in [0.717, 1.165) is 4.90 Å². The monoisotopic (exact) mass is 332 g/mol. The zero-order chi connectivity index (χ0) is 16.7. The molecule has 0 spiro atoms. The van der Waals surface area contributed by atoms with Crippen molar-refractivity contribution in [2.45, 2.75) is 24.3 Å². The molecule has 0 amide bonds. The molecule has 0 heterocycles. The van der Waals surface area contributed by atoms with Gasteiger partial charge in [0.25, 0.3) is 0 Å². The number of phenols is 1. The number of aliphatic hydroxyl groups is 1. The van der Waals surface area contributed by atoms with Crippen LogP contribution < -0.4 is 4.74 Å². The second-order valence-corrected chi connectivity index (χ2v) is 6.17. The van der Waals surface area contributed by atoms with Gasteiger partial charge in [-0.25, -0.2) is 0 Å². The molecule has 0 aliphatic carbocycles. The normalized spacial score (nSPS) is 11.9. The molecule has 0 fully saturated rings. The molecular weight excluding hydrogens is 312 g/mol. The molecule has 5 heteroatoms. The summed E-state index contributed by atoms with van der Waals surface area (Å²) in [6.07, 6.45) is -0.172. The second kappa shape index (κ2) is 8.60. The van der Waals surface area contributed by atoms with E-state index < -0.39 is 6.10 Å². The van der Waals surface area contributed by atoms with Gasteiger partial charge in [-0.1, -0.05) is 19.1 Å².